The molecule has 1 aliphatic rings. The Morgan fingerprint density at radius 2 is 1.71 bits per heavy atom. The van der Waals surface area contributed by atoms with Crippen LogP contribution >= 0.6 is 11.3 Å². The van der Waals surface area contributed by atoms with Crippen molar-refractivity contribution in [2.45, 2.75) is 32.2 Å². The Morgan fingerprint density at radius 1 is 1.09 bits per heavy atom. The van der Waals surface area contributed by atoms with Crippen molar-refractivity contribution >= 4 is 29.3 Å². The van der Waals surface area contributed by atoms with E-state index in [1.807, 2.05) is 36.4 Å². The molecule has 8 nitrogen and oxygen atoms in total. The molecule has 0 aliphatic heterocycles. The molecule has 0 radical (unpaired) electrons. The number of hydrogen-bond donors (Lipinski definition) is 3. The molecule has 2 amide bonds. The number of rotatable bonds is 8. The summed E-state index contributed by atoms with van der Waals surface area (Å²) in [5.74, 6) is -1.48. The minimum atomic E-state index is -1.06. The molecule has 3 N–H and O–H groups in total. The van der Waals surface area contributed by atoms with E-state index in [-0.39, 0.29) is 30.7 Å². The molecule has 176 valence electrons. The van der Waals surface area contributed by atoms with E-state index in [0.717, 1.165) is 22.3 Å². The van der Waals surface area contributed by atoms with Gasteiger partial charge in [0.25, 0.3) is 0 Å². The Hall–Kier alpha value is -3.72. The van der Waals surface area contributed by atoms with Crippen molar-refractivity contribution in [2.75, 3.05) is 13.2 Å². The summed E-state index contributed by atoms with van der Waals surface area (Å²) in [7, 11) is 0. The third kappa shape index (κ3) is 4.94. The standard InChI is InChI=1S/C25H25N3O5S/c1-14(23(29)26-12-11-21-28-22(24(30)31)15(2)34-21)27-25(32)33-13-20-18-9-5-3-7-16(18)17-8-4-6-10-19(17)20/h3-10,14,20H,11-13H2,1-2H3,(H,26,29)(H,27,32)(H,30,31)/t14-/m1/s1. The number of thiazole rings is 1. The Labute approximate surface area is 201 Å². The average Bonchev–Trinajstić information content (AvgIpc) is 3.35. The van der Waals surface area contributed by atoms with E-state index in [9.17, 15) is 14.4 Å². The van der Waals surface area contributed by atoms with E-state index in [1.54, 1.807) is 13.8 Å². The van der Waals surface area contributed by atoms with Crippen LogP contribution in [0.25, 0.3) is 11.1 Å². The highest BCUT2D eigenvalue weighted by Crippen LogP contribution is 2.44. The van der Waals surface area contributed by atoms with Crippen molar-refractivity contribution in [1.29, 1.82) is 0 Å². The molecule has 4 rings (SSSR count). The number of hydrogen-bond acceptors (Lipinski definition) is 6. The number of carbonyl (C=O) groups is 3. The van der Waals surface area contributed by atoms with Crippen LogP contribution in [0.2, 0.25) is 0 Å². The van der Waals surface area contributed by atoms with Gasteiger partial charge in [-0.25, -0.2) is 14.6 Å². The number of aromatic carboxylic acids is 1. The Kier molecular flexibility index (Phi) is 6.93. The molecular formula is C25H25N3O5S. The number of aromatic nitrogens is 1. The molecule has 0 bridgehead atoms. The van der Waals surface area contributed by atoms with E-state index in [1.165, 1.54) is 11.3 Å². The largest absolute Gasteiger partial charge is 0.476 e. The van der Waals surface area contributed by atoms with Crippen molar-refractivity contribution in [1.82, 2.24) is 15.6 Å². The monoisotopic (exact) mass is 479 g/mol. The highest BCUT2D eigenvalue weighted by Gasteiger charge is 2.29. The molecule has 1 atom stereocenters. The van der Waals surface area contributed by atoms with Crippen LogP contribution < -0.4 is 10.6 Å². The number of ether oxygens (including phenoxy) is 1. The fourth-order valence-corrected chi connectivity index (χ4v) is 5.01. The van der Waals surface area contributed by atoms with Crippen molar-refractivity contribution < 1.29 is 24.2 Å². The van der Waals surface area contributed by atoms with E-state index in [2.05, 4.69) is 27.8 Å². The summed E-state index contributed by atoms with van der Waals surface area (Å²) in [6, 6.07) is 15.4. The van der Waals surface area contributed by atoms with Crippen molar-refractivity contribution in [3.8, 4) is 11.1 Å². The number of carboxylic acid groups (broad SMARTS) is 1. The number of benzene rings is 2. The number of aryl methyl sites for hydroxylation is 1. The number of carbonyl (C=O) groups excluding carboxylic acids is 2. The van der Waals surface area contributed by atoms with Crippen LogP contribution in [-0.4, -0.2) is 47.3 Å². The molecule has 0 unspecified atom stereocenters. The number of nitrogens with one attached hydrogen (secondary N) is 2. The molecule has 0 saturated carbocycles. The smallest absolute Gasteiger partial charge is 0.407 e. The maximum Gasteiger partial charge on any atom is 0.407 e. The lowest BCUT2D eigenvalue weighted by Gasteiger charge is -2.17. The molecule has 34 heavy (non-hydrogen) atoms. The number of carboxylic acids is 1. The minimum Gasteiger partial charge on any atom is -0.476 e. The van der Waals surface area contributed by atoms with Gasteiger partial charge >= 0.3 is 12.1 Å². The topological polar surface area (TPSA) is 118 Å². The maximum atomic E-state index is 12.4. The molecule has 1 heterocycles. The first-order valence-corrected chi connectivity index (χ1v) is 11.8. The van der Waals surface area contributed by atoms with E-state index >= 15 is 0 Å². The lowest BCUT2D eigenvalue weighted by atomic mass is 9.98. The Morgan fingerprint density at radius 3 is 2.29 bits per heavy atom. The zero-order chi connectivity index (χ0) is 24.2. The van der Waals surface area contributed by atoms with Gasteiger partial charge in [-0.1, -0.05) is 48.5 Å². The van der Waals surface area contributed by atoms with Gasteiger partial charge < -0.3 is 20.5 Å². The van der Waals surface area contributed by atoms with Crippen molar-refractivity contribution in [2.24, 2.45) is 0 Å². The lowest BCUT2D eigenvalue weighted by molar-refractivity contribution is -0.122. The lowest BCUT2D eigenvalue weighted by Crippen LogP contribution is -2.45. The van der Waals surface area contributed by atoms with Crippen LogP contribution in [0.1, 0.15) is 44.3 Å². The van der Waals surface area contributed by atoms with Crippen LogP contribution in [0.5, 0.6) is 0 Å². The van der Waals surface area contributed by atoms with Crippen LogP contribution in [0, 0.1) is 6.92 Å². The summed E-state index contributed by atoms with van der Waals surface area (Å²) in [5.41, 5.74) is 4.56. The normalized spacial score (nSPS) is 13.0. The second-order valence-corrected chi connectivity index (χ2v) is 9.34. The molecule has 2 aromatic carbocycles. The average molecular weight is 480 g/mol. The third-order valence-corrected chi connectivity index (χ3v) is 6.78. The summed E-state index contributed by atoms with van der Waals surface area (Å²) in [6.07, 6.45) is -0.256. The summed E-state index contributed by atoms with van der Waals surface area (Å²) in [6.45, 7) is 3.72. The summed E-state index contributed by atoms with van der Waals surface area (Å²) < 4.78 is 5.48. The third-order valence-electron chi connectivity index (χ3n) is 5.75. The first-order valence-electron chi connectivity index (χ1n) is 10.9. The fraction of sp³-hybridized carbons (Fsp3) is 0.280. The first kappa shape index (κ1) is 23.4. The predicted molar refractivity (Wildman–Crippen MR) is 128 cm³/mol. The van der Waals surface area contributed by atoms with Gasteiger partial charge in [0.05, 0.1) is 5.01 Å². The van der Waals surface area contributed by atoms with Gasteiger partial charge in [-0.05, 0) is 36.1 Å². The zero-order valence-corrected chi connectivity index (χ0v) is 19.6. The molecule has 9 heteroatoms. The molecule has 0 spiro atoms. The van der Waals surface area contributed by atoms with Crippen LogP contribution in [0.4, 0.5) is 4.79 Å². The van der Waals surface area contributed by atoms with E-state index < -0.39 is 18.1 Å². The quantitative estimate of drug-likeness (QED) is 0.453. The van der Waals surface area contributed by atoms with Gasteiger partial charge in [0.1, 0.15) is 12.6 Å². The molecule has 0 fully saturated rings. The van der Waals surface area contributed by atoms with E-state index in [0.29, 0.717) is 16.3 Å². The summed E-state index contributed by atoms with van der Waals surface area (Å²) in [4.78, 5) is 40.5. The molecule has 1 aromatic heterocycles. The van der Waals surface area contributed by atoms with Crippen molar-refractivity contribution in [3.05, 3.63) is 75.2 Å². The summed E-state index contributed by atoms with van der Waals surface area (Å²) in [5, 5.41) is 15.0. The number of amides is 2. The molecule has 3 aromatic rings. The van der Waals surface area contributed by atoms with Gasteiger partial charge in [-0.2, -0.15) is 0 Å². The van der Waals surface area contributed by atoms with Crippen molar-refractivity contribution in [3.63, 3.8) is 0 Å². The Bertz CT molecular complexity index is 1190. The van der Waals surface area contributed by atoms with E-state index in [4.69, 9.17) is 9.84 Å². The SMILES string of the molecule is Cc1sc(CCNC(=O)[C@@H](C)NC(=O)OCC2c3ccccc3-c3ccccc32)nc1C(=O)O. The Balaban J connectivity index is 1.26. The van der Waals surface area contributed by atoms with Gasteiger partial charge in [0.2, 0.25) is 5.91 Å². The molecule has 1 aliphatic carbocycles. The maximum absolute atomic E-state index is 12.4. The zero-order valence-electron chi connectivity index (χ0n) is 18.8. The second kappa shape index (κ2) is 10.0. The molecule has 0 saturated heterocycles. The van der Waals surface area contributed by atoms with Gasteiger partial charge in [-0.3, -0.25) is 4.79 Å². The first-order chi connectivity index (χ1) is 16.3. The molecular weight excluding hydrogens is 454 g/mol. The minimum absolute atomic E-state index is 0.0385. The number of alkyl carbamates (subject to hydrolysis) is 1. The highest BCUT2D eigenvalue weighted by atomic mass is 32.1. The fourth-order valence-electron chi connectivity index (χ4n) is 4.08. The second-order valence-electron chi connectivity index (χ2n) is 8.05. The van der Waals surface area contributed by atoms with Gasteiger partial charge in [0, 0.05) is 23.8 Å². The number of fused-ring (bicyclic) bond motifs is 3. The van der Waals surface area contributed by atoms with Gasteiger partial charge in [0.15, 0.2) is 5.69 Å². The predicted octanol–water partition coefficient (Wildman–Crippen LogP) is 3.74. The highest BCUT2D eigenvalue weighted by molar-refractivity contribution is 7.11. The van der Waals surface area contributed by atoms with Gasteiger partial charge in [-0.15, -0.1) is 11.3 Å². The number of nitrogens with zero attached hydrogens (tertiary/aromatic N) is 1. The van der Waals surface area contributed by atoms with Crippen LogP contribution in [0.15, 0.2) is 48.5 Å². The summed E-state index contributed by atoms with van der Waals surface area (Å²) >= 11 is 1.29. The van der Waals surface area contributed by atoms with Crippen LogP contribution in [0.3, 0.4) is 0 Å². The van der Waals surface area contributed by atoms with Crippen LogP contribution in [-0.2, 0) is 16.0 Å².